The van der Waals surface area contributed by atoms with Crippen molar-refractivity contribution in [2.75, 3.05) is 11.4 Å². The zero-order valence-electron chi connectivity index (χ0n) is 17.1. The second kappa shape index (κ2) is 9.26. The fraction of sp³-hybridized carbons (Fsp3) is 0.0476. The van der Waals surface area contributed by atoms with Gasteiger partial charge in [0.15, 0.2) is 0 Å². The fourth-order valence-corrected chi connectivity index (χ4v) is 5.40. The van der Waals surface area contributed by atoms with Crippen LogP contribution in [0.15, 0.2) is 70.5 Å². The maximum Gasteiger partial charge on any atom is 0.336 e. The van der Waals surface area contributed by atoms with Crippen molar-refractivity contribution in [1.82, 2.24) is 0 Å². The van der Waals surface area contributed by atoms with Gasteiger partial charge >= 0.3 is 11.9 Å². The molecule has 0 unspecified atom stereocenters. The summed E-state index contributed by atoms with van der Waals surface area (Å²) in [5.74, 6) is -2.90. The van der Waals surface area contributed by atoms with Gasteiger partial charge in [0.05, 0.1) is 26.6 Å². The number of carboxylic acids is 2. The number of halogens is 2. The van der Waals surface area contributed by atoms with E-state index in [0.29, 0.717) is 5.02 Å². The fourth-order valence-electron chi connectivity index (χ4n) is 3.12. The van der Waals surface area contributed by atoms with Gasteiger partial charge in [-0.2, -0.15) is 0 Å². The smallest absolute Gasteiger partial charge is 0.336 e. The van der Waals surface area contributed by atoms with Gasteiger partial charge < -0.3 is 10.2 Å². The average molecular weight is 544 g/mol. The van der Waals surface area contributed by atoms with E-state index in [-0.39, 0.29) is 22.4 Å². The average Bonchev–Trinajstić information content (AvgIpc) is 2.77. The third-order valence-electron chi connectivity index (χ3n) is 4.85. The van der Waals surface area contributed by atoms with Crippen LogP contribution in [0.5, 0.6) is 0 Å². The molecule has 3 aromatic carbocycles. The van der Waals surface area contributed by atoms with Crippen molar-refractivity contribution in [3.63, 3.8) is 0 Å². The van der Waals surface area contributed by atoms with Gasteiger partial charge in [-0.1, -0.05) is 11.6 Å². The first kappa shape index (κ1) is 25.5. The van der Waals surface area contributed by atoms with Gasteiger partial charge in [-0.05, 0) is 66.2 Å². The third-order valence-corrected chi connectivity index (χ3v) is 8.30. The number of carbonyl (C=O) groups is 2. The van der Waals surface area contributed by atoms with E-state index in [9.17, 15) is 36.6 Å². The van der Waals surface area contributed by atoms with E-state index in [4.69, 9.17) is 22.3 Å². The lowest BCUT2D eigenvalue weighted by atomic mass is 9.98. The van der Waals surface area contributed by atoms with Gasteiger partial charge in [0.25, 0.3) is 19.1 Å². The second-order valence-corrected chi connectivity index (χ2v) is 11.9. The molecule has 3 rings (SSSR count). The molecule has 0 bridgehead atoms. The summed E-state index contributed by atoms with van der Waals surface area (Å²) in [5.41, 5.74) is -1.27. The van der Waals surface area contributed by atoms with Gasteiger partial charge in [0, 0.05) is 28.3 Å². The van der Waals surface area contributed by atoms with Crippen molar-refractivity contribution < 1.29 is 36.6 Å². The molecule has 0 saturated carbocycles. The van der Waals surface area contributed by atoms with Crippen LogP contribution < -0.4 is 4.31 Å². The first-order valence-corrected chi connectivity index (χ1v) is 13.3. The minimum atomic E-state index is -4.39. The van der Waals surface area contributed by atoms with Crippen molar-refractivity contribution in [1.29, 1.82) is 0 Å². The first-order chi connectivity index (χ1) is 15.7. The minimum Gasteiger partial charge on any atom is -0.478 e. The Morgan fingerprint density at radius 2 is 1.44 bits per heavy atom. The molecule has 13 heteroatoms. The van der Waals surface area contributed by atoms with E-state index >= 15 is 0 Å². The van der Waals surface area contributed by atoms with Crippen LogP contribution in [0.4, 0.5) is 5.69 Å². The maximum atomic E-state index is 13.5. The molecule has 0 heterocycles. The summed E-state index contributed by atoms with van der Waals surface area (Å²) in [6.45, 7) is 0. The molecule has 3 aromatic rings. The van der Waals surface area contributed by atoms with E-state index in [0.717, 1.165) is 40.7 Å². The Labute approximate surface area is 204 Å². The molecule has 0 spiro atoms. The van der Waals surface area contributed by atoms with Crippen LogP contribution in [-0.2, 0) is 19.1 Å². The van der Waals surface area contributed by atoms with Gasteiger partial charge in [-0.3, -0.25) is 4.31 Å². The van der Waals surface area contributed by atoms with Gasteiger partial charge in [0.1, 0.15) is 0 Å². The molecule has 0 aliphatic rings. The van der Waals surface area contributed by atoms with Gasteiger partial charge in [-0.25, -0.2) is 26.4 Å². The Morgan fingerprint density at radius 1 is 0.824 bits per heavy atom. The van der Waals surface area contributed by atoms with Crippen LogP contribution in [0.3, 0.4) is 0 Å². The molecule has 0 aromatic heterocycles. The Morgan fingerprint density at radius 3 is 1.97 bits per heavy atom. The Bertz CT molecular complexity index is 1520. The minimum absolute atomic E-state index is 0.216. The van der Waals surface area contributed by atoms with Crippen LogP contribution >= 0.6 is 22.3 Å². The number of carboxylic acid groups (broad SMARTS) is 2. The number of nitrogens with zero attached hydrogens (tertiary/aromatic N) is 1. The second-order valence-electron chi connectivity index (χ2n) is 6.92. The Hall–Kier alpha value is -3.12. The van der Waals surface area contributed by atoms with E-state index in [1.54, 1.807) is 0 Å². The van der Waals surface area contributed by atoms with Crippen molar-refractivity contribution in [3.05, 3.63) is 76.8 Å². The van der Waals surface area contributed by atoms with Crippen molar-refractivity contribution in [2.24, 2.45) is 0 Å². The van der Waals surface area contributed by atoms with Crippen LogP contribution in [0.25, 0.3) is 11.1 Å². The van der Waals surface area contributed by atoms with Crippen molar-refractivity contribution in [3.8, 4) is 11.1 Å². The molecule has 0 aliphatic carbocycles. The molecule has 0 radical (unpaired) electrons. The normalized spacial score (nSPS) is 11.7. The summed E-state index contributed by atoms with van der Waals surface area (Å²) >= 11 is 5.86. The lowest BCUT2D eigenvalue weighted by molar-refractivity contribution is 0.0687. The SMILES string of the molecule is CN(c1ccc(Cl)cc1)S(=O)(=O)c1ccc(C(=O)O)cc1-c1cc(S(=O)(=O)Cl)ccc1C(=O)O. The number of hydrogen-bond acceptors (Lipinski definition) is 6. The molecule has 0 aliphatic heterocycles. The molecule has 34 heavy (non-hydrogen) atoms. The summed E-state index contributed by atoms with van der Waals surface area (Å²) in [4.78, 5) is 22.5. The quantitative estimate of drug-likeness (QED) is 0.422. The summed E-state index contributed by atoms with van der Waals surface area (Å²) in [6, 6.07) is 11.6. The number of aromatic carboxylic acids is 2. The third kappa shape index (κ3) is 5.02. The lowest BCUT2D eigenvalue weighted by Gasteiger charge is -2.22. The number of rotatable bonds is 7. The molecular formula is C21H15Cl2NO8S2. The highest BCUT2D eigenvalue weighted by Crippen LogP contribution is 2.36. The Balaban J connectivity index is 2.36. The summed E-state index contributed by atoms with van der Waals surface area (Å²) in [6.07, 6.45) is 0. The lowest BCUT2D eigenvalue weighted by Crippen LogP contribution is -2.27. The topological polar surface area (TPSA) is 146 Å². The highest BCUT2D eigenvalue weighted by Gasteiger charge is 2.29. The number of hydrogen-bond donors (Lipinski definition) is 2. The molecule has 0 atom stereocenters. The predicted octanol–water partition coefficient (Wildman–Crippen LogP) is 4.16. The zero-order valence-corrected chi connectivity index (χ0v) is 20.3. The molecule has 9 nitrogen and oxygen atoms in total. The molecular weight excluding hydrogens is 529 g/mol. The van der Waals surface area contributed by atoms with E-state index < -0.39 is 46.4 Å². The maximum absolute atomic E-state index is 13.5. The highest BCUT2D eigenvalue weighted by atomic mass is 35.7. The van der Waals surface area contributed by atoms with E-state index in [1.165, 1.54) is 31.3 Å². The summed E-state index contributed by atoms with van der Waals surface area (Å²) in [7, 11) is -2.08. The molecule has 0 amide bonds. The Kier molecular flexibility index (Phi) is 6.94. The van der Waals surface area contributed by atoms with Gasteiger partial charge in [-0.15, -0.1) is 0 Å². The standard InChI is InChI=1S/C21H15Cl2NO8S2/c1-24(14-5-3-13(22)4-6-14)34(31,32)19-9-2-12(20(25)26)10-18(19)17-11-15(33(23,29)30)7-8-16(17)21(27)28/h2-11H,1H3,(H,25,26)(H,27,28). The molecule has 2 N–H and O–H groups in total. The largest absolute Gasteiger partial charge is 0.478 e. The molecule has 0 fully saturated rings. The monoisotopic (exact) mass is 543 g/mol. The number of anilines is 1. The van der Waals surface area contributed by atoms with Crippen molar-refractivity contribution in [2.45, 2.75) is 9.79 Å². The van der Waals surface area contributed by atoms with Gasteiger partial charge in [0.2, 0.25) is 0 Å². The van der Waals surface area contributed by atoms with Crippen LogP contribution in [0, 0.1) is 0 Å². The van der Waals surface area contributed by atoms with E-state index in [1.807, 2.05) is 0 Å². The van der Waals surface area contributed by atoms with Crippen LogP contribution in [0.1, 0.15) is 20.7 Å². The molecule has 0 saturated heterocycles. The van der Waals surface area contributed by atoms with Crippen molar-refractivity contribution >= 4 is 59.0 Å². The number of sulfonamides is 1. The summed E-state index contributed by atoms with van der Waals surface area (Å²) in [5, 5.41) is 19.4. The number of benzene rings is 3. The zero-order chi connectivity index (χ0) is 25.4. The predicted molar refractivity (Wildman–Crippen MR) is 126 cm³/mol. The first-order valence-electron chi connectivity index (χ1n) is 9.17. The summed E-state index contributed by atoms with van der Waals surface area (Å²) < 4.78 is 51.6. The molecule has 178 valence electrons. The highest BCUT2D eigenvalue weighted by molar-refractivity contribution is 8.13. The van der Waals surface area contributed by atoms with Crippen LogP contribution in [0.2, 0.25) is 5.02 Å². The van der Waals surface area contributed by atoms with E-state index in [2.05, 4.69) is 0 Å². The van der Waals surface area contributed by atoms with Crippen LogP contribution in [-0.4, -0.2) is 46.0 Å².